The van der Waals surface area contributed by atoms with Gasteiger partial charge in [0.1, 0.15) is 5.60 Å². The van der Waals surface area contributed by atoms with Gasteiger partial charge in [0.15, 0.2) is 5.69 Å². The molecule has 1 aromatic heterocycles. The molecule has 3 aromatic rings. The lowest BCUT2D eigenvalue weighted by molar-refractivity contribution is 0.00415. The molecule has 1 amide bonds. The zero-order chi connectivity index (χ0) is 22.3. The molecule has 6 nitrogen and oxygen atoms in total. The van der Waals surface area contributed by atoms with Gasteiger partial charge in [-0.15, -0.1) is 0 Å². The molecule has 1 saturated carbocycles. The van der Waals surface area contributed by atoms with Crippen molar-refractivity contribution in [2.75, 3.05) is 6.54 Å². The first-order valence-electron chi connectivity index (χ1n) is 10.7. The number of halogens is 2. The molecule has 164 valence electrons. The van der Waals surface area contributed by atoms with Gasteiger partial charge in [0.2, 0.25) is 0 Å². The lowest BCUT2D eigenvalue weighted by Gasteiger charge is -2.36. The lowest BCUT2D eigenvalue weighted by atomic mass is 9.78. The van der Waals surface area contributed by atoms with Crippen LogP contribution in [-0.4, -0.2) is 32.7 Å². The average Bonchev–Trinajstić information content (AvgIpc) is 3.31. The van der Waals surface area contributed by atoms with Crippen molar-refractivity contribution >= 4 is 46.0 Å². The molecule has 2 fully saturated rings. The molecule has 0 bridgehead atoms. The minimum Gasteiger partial charge on any atom is -0.441 e. The van der Waals surface area contributed by atoms with Crippen molar-refractivity contribution in [3.05, 3.63) is 69.8 Å². The summed E-state index contributed by atoms with van der Waals surface area (Å²) in [6, 6.07) is 11.0. The molecule has 0 radical (unpaired) electrons. The summed E-state index contributed by atoms with van der Waals surface area (Å²) in [6.07, 6.45) is 5.29. The van der Waals surface area contributed by atoms with Crippen LogP contribution < -0.4 is 0 Å². The zero-order valence-electron chi connectivity index (χ0n) is 17.4. The van der Waals surface area contributed by atoms with Crippen LogP contribution in [0.4, 0.5) is 10.5 Å². The Balaban J connectivity index is 1.31. The number of rotatable bonds is 4. The van der Waals surface area contributed by atoms with Crippen LogP contribution in [0.5, 0.6) is 0 Å². The number of nitrogens with zero attached hydrogens (tertiary/aromatic N) is 4. The van der Waals surface area contributed by atoms with Crippen LogP contribution in [0.1, 0.15) is 31.2 Å². The number of fused-ring (bicyclic) bond motifs is 1. The van der Waals surface area contributed by atoms with Crippen LogP contribution in [0.15, 0.2) is 42.7 Å². The van der Waals surface area contributed by atoms with Gasteiger partial charge in [-0.2, -0.15) is 0 Å². The van der Waals surface area contributed by atoms with Crippen LogP contribution >= 0.6 is 23.2 Å². The van der Waals surface area contributed by atoms with Gasteiger partial charge in [0.05, 0.1) is 47.1 Å². The van der Waals surface area contributed by atoms with E-state index in [2.05, 4.69) is 14.4 Å². The van der Waals surface area contributed by atoms with Gasteiger partial charge in [-0.05, 0) is 55.4 Å². The highest BCUT2D eigenvalue weighted by Gasteiger charge is 2.48. The summed E-state index contributed by atoms with van der Waals surface area (Å²) >= 11 is 12.5. The Bertz CT molecular complexity index is 1230. The van der Waals surface area contributed by atoms with E-state index in [-0.39, 0.29) is 6.09 Å². The van der Waals surface area contributed by atoms with Crippen LogP contribution in [0.3, 0.4) is 0 Å². The summed E-state index contributed by atoms with van der Waals surface area (Å²) in [5, 5.41) is 0.966. The van der Waals surface area contributed by atoms with E-state index in [9.17, 15) is 4.79 Å². The number of imidazole rings is 1. The fourth-order valence-corrected chi connectivity index (χ4v) is 5.44. The van der Waals surface area contributed by atoms with Crippen LogP contribution in [-0.2, 0) is 17.8 Å². The first-order valence-corrected chi connectivity index (χ1v) is 11.5. The van der Waals surface area contributed by atoms with E-state index < -0.39 is 5.60 Å². The molecule has 2 heterocycles. The van der Waals surface area contributed by atoms with E-state index in [1.807, 2.05) is 30.6 Å². The van der Waals surface area contributed by atoms with Gasteiger partial charge >= 0.3 is 6.09 Å². The number of hydrogen-bond donors (Lipinski definition) is 0. The highest BCUT2D eigenvalue weighted by Crippen LogP contribution is 2.41. The van der Waals surface area contributed by atoms with E-state index in [1.54, 1.807) is 17.0 Å². The topological polar surface area (TPSA) is 51.7 Å². The second-order valence-corrected chi connectivity index (χ2v) is 9.55. The summed E-state index contributed by atoms with van der Waals surface area (Å²) in [6.45, 7) is 9.00. The molecule has 1 saturated heterocycles. The van der Waals surface area contributed by atoms with E-state index in [0.717, 1.165) is 48.8 Å². The van der Waals surface area contributed by atoms with Crippen molar-refractivity contribution in [3.8, 4) is 0 Å². The summed E-state index contributed by atoms with van der Waals surface area (Å²) < 4.78 is 8.08. The fraction of sp³-hybridized carbons (Fsp3) is 0.375. The van der Waals surface area contributed by atoms with E-state index >= 15 is 0 Å². The third-order valence-electron chi connectivity index (χ3n) is 6.53. The standard InChI is InChI=1S/C24H22Cl2N4O2/c1-27-18-7-8-20-21(10-18)30(15-28-20)12-16-4-3-9-24(11-16)14-29(23(31)32-24)13-17-5-2-6-19(25)22(17)26/h2,5-8,10,15-16H,3-4,9,11-14H2/t16-,24-/m0/s1. The Morgan fingerprint density at radius 2 is 2.16 bits per heavy atom. The molecule has 8 heteroatoms. The van der Waals surface area contributed by atoms with Crippen molar-refractivity contribution in [2.24, 2.45) is 5.92 Å². The molecule has 1 aliphatic carbocycles. The Kier molecular flexibility index (Phi) is 5.48. The third kappa shape index (κ3) is 3.92. The number of amides is 1. The number of ether oxygens (including phenoxy) is 1. The second kappa shape index (κ2) is 8.31. The van der Waals surface area contributed by atoms with Crippen molar-refractivity contribution < 1.29 is 9.53 Å². The SMILES string of the molecule is [C-]#[N+]c1ccc2ncn(C[C@H]3CCC[C@]4(C3)CN(Cc3cccc(Cl)c3Cl)C(=O)O4)c2c1. The summed E-state index contributed by atoms with van der Waals surface area (Å²) in [7, 11) is 0. The predicted octanol–water partition coefficient (Wildman–Crippen LogP) is 6.48. The molecule has 32 heavy (non-hydrogen) atoms. The quantitative estimate of drug-likeness (QED) is 0.411. The first-order chi connectivity index (χ1) is 15.5. The monoisotopic (exact) mass is 468 g/mol. The van der Waals surface area contributed by atoms with Gasteiger partial charge in [-0.1, -0.05) is 41.4 Å². The predicted molar refractivity (Wildman–Crippen MR) is 124 cm³/mol. The average molecular weight is 469 g/mol. The first kappa shape index (κ1) is 21.1. The molecule has 2 aromatic carbocycles. The maximum atomic E-state index is 12.7. The third-order valence-corrected chi connectivity index (χ3v) is 7.39. The maximum absolute atomic E-state index is 12.7. The summed E-state index contributed by atoms with van der Waals surface area (Å²) in [5.74, 6) is 0.361. The van der Waals surface area contributed by atoms with Crippen LogP contribution in [0, 0.1) is 12.5 Å². The van der Waals surface area contributed by atoms with Crippen molar-refractivity contribution in [1.82, 2.24) is 14.5 Å². The number of carbonyl (C=O) groups excluding carboxylic acids is 1. The molecule has 5 rings (SSSR count). The normalized spacial score (nSPS) is 23.0. The highest BCUT2D eigenvalue weighted by molar-refractivity contribution is 6.42. The molecule has 1 aliphatic heterocycles. The molecule has 1 spiro atoms. The number of benzene rings is 2. The van der Waals surface area contributed by atoms with E-state index in [0.29, 0.717) is 34.7 Å². The minimum absolute atomic E-state index is 0.295. The number of aromatic nitrogens is 2. The molecule has 2 aliphatic rings. The smallest absolute Gasteiger partial charge is 0.410 e. The molecular formula is C24H22Cl2N4O2. The number of carbonyl (C=O) groups is 1. The van der Waals surface area contributed by atoms with Crippen molar-refractivity contribution in [3.63, 3.8) is 0 Å². The molecule has 2 atom stereocenters. The van der Waals surface area contributed by atoms with Crippen LogP contribution in [0.25, 0.3) is 15.9 Å². The number of hydrogen-bond acceptors (Lipinski definition) is 3. The van der Waals surface area contributed by atoms with Gasteiger partial charge in [-0.25, -0.2) is 14.6 Å². The largest absolute Gasteiger partial charge is 0.441 e. The molecular weight excluding hydrogens is 447 g/mol. The molecule has 0 N–H and O–H groups in total. The maximum Gasteiger partial charge on any atom is 0.410 e. The van der Waals surface area contributed by atoms with Crippen LogP contribution in [0.2, 0.25) is 10.0 Å². The highest BCUT2D eigenvalue weighted by atomic mass is 35.5. The van der Waals surface area contributed by atoms with E-state index in [4.69, 9.17) is 34.5 Å². The minimum atomic E-state index is -0.469. The Labute approximate surface area is 196 Å². The summed E-state index contributed by atoms with van der Waals surface area (Å²) in [5.41, 5.74) is 2.82. The Hall–Kier alpha value is -2.75. The Morgan fingerprint density at radius 1 is 1.28 bits per heavy atom. The van der Waals surface area contributed by atoms with E-state index in [1.165, 1.54) is 0 Å². The lowest BCUT2D eigenvalue weighted by Crippen LogP contribution is -2.40. The van der Waals surface area contributed by atoms with Gasteiger partial charge < -0.3 is 9.30 Å². The van der Waals surface area contributed by atoms with Gasteiger partial charge in [0, 0.05) is 6.54 Å². The van der Waals surface area contributed by atoms with Gasteiger partial charge in [-0.3, -0.25) is 4.90 Å². The van der Waals surface area contributed by atoms with Crippen molar-refractivity contribution in [2.45, 2.75) is 44.4 Å². The Morgan fingerprint density at radius 3 is 3.00 bits per heavy atom. The van der Waals surface area contributed by atoms with Crippen molar-refractivity contribution in [1.29, 1.82) is 0 Å². The summed E-state index contributed by atoms with van der Waals surface area (Å²) in [4.78, 5) is 22.4. The fourth-order valence-electron chi connectivity index (χ4n) is 5.06. The van der Waals surface area contributed by atoms with Gasteiger partial charge in [0.25, 0.3) is 0 Å². The second-order valence-electron chi connectivity index (χ2n) is 8.76. The molecule has 0 unspecified atom stereocenters. The zero-order valence-corrected chi connectivity index (χ0v) is 18.9.